The molecule has 0 radical (unpaired) electrons. The Morgan fingerprint density at radius 1 is 0.379 bits per heavy atom. The number of carbonyl (C=O) groups excluding carboxylic acids is 10. The summed E-state index contributed by atoms with van der Waals surface area (Å²) in [6.07, 6.45) is -3.85. The number of piperazine rings is 4. The number of amides is 9. The zero-order chi connectivity index (χ0) is 109. The second-order valence-corrected chi connectivity index (χ2v) is 37.7. The molecule has 9 amide bonds. The number of phenols is 1. The number of alkyl halides is 1. The lowest BCUT2D eigenvalue weighted by molar-refractivity contribution is 0.0135. The van der Waals surface area contributed by atoms with E-state index in [2.05, 4.69) is 5.32 Å². The Labute approximate surface area is 840 Å². The first-order valence-corrected chi connectivity index (χ1v) is 46.0. The fourth-order valence-corrected chi connectivity index (χ4v) is 13.3. The van der Waals surface area contributed by atoms with Crippen molar-refractivity contribution in [3.63, 3.8) is 0 Å². The number of hydrogen-bond donors (Lipinski definition) is 8. The van der Waals surface area contributed by atoms with Crippen molar-refractivity contribution < 1.29 is 137 Å². The third-order valence-electron chi connectivity index (χ3n) is 20.8. The minimum absolute atomic E-state index is 0.00992. The molecule has 0 saturated carbocycles. The minimum atomic E-state index is -1.33. The Balaban J connectivity index is 0.000000303. The molecular formula is C103H123ClF8N12O21. The minimum Gasteiger partial charge on any atom is -0.507 e. The number of nitrogens with one attached hydrogen (secondary N) is 1. The molecule has 10 N–H and O–H groups in total. The van der Waals surface area contributed by atoms with Crippen molar-refractivity contribution >= 4 is 77.8 Å². The average Bonchev–Trinajstić information content (AvgIpc) is 0.805. The lowest BCUT2D eigenvalue weighted by Gasteiger charge is -2.35. The monoisotopic (exact) mass is 2050 g/mol. The molecule has 8 aromatic rings. The first kappa shape index (κ1) is 121. The molecule has 0 bridgehead atoms. The van der Waals surface area contributed by atoms with Crippen LogP contribution in [-0.4, -0.2) is 253 Å². The number of primary amides is 2. The van der Waals surface area contributed by atoms with Gasteiger partial charge in [-0.25, -0.2) is 59.1 Å². The van der Waals surface area contributed by atoms with Crippen LogP contribution >= 0.6 is 11.6 Å². The number of carboxylic acids is 1. The van der Waals surface area contributed by atoms with E-state index in [1.807, 2.05) is 20.8 Å². The maximum Gasteiger partial charge on any atom is 0.410 e. The summed E-state index contributed by atoms with van der Waals surface area (Å²) in [4.78, 5) is 140. The number of halogens is 9. The third kappa shape index (κ3) is 40.0. The van der Waals surface area contributed by atoms with Crippen molar-refractivity contribution in [1.82, 2.24) is 39.6 Å². The quantitative estimate of drug-likeness (QED) is 0.0217. The van der Waals surface area contributed by atoms with Gasteiger partial charge in [-0.2, -0.15) is 10.5 Å². The number of nitriles is 2. The maximum absolute atomic E-state index is 14.6. The number of aromatic carboxylic acids is 1. The smallest absolute Gasteiger partial charge is 0.410 e. The second kappa shape index (κ2) is 55.4. The molecule has 784 valence electrons. The molecule has 0 aliphatic carbocycles. The number of aliphatic hydroxyl groups excluding tert-OH is 3. The van der Waals surface area contributed by atoms with Crippen LogP contribution in [-0.2, 0) is 18.9 Å². The molecule has 5 unspecified atom stereocenters. The predicted molar refractivity (Wildman–Crippen MR) is 519 cm³/mol. The van der Waals surface area contributed by atoms with Gasteiger partial charge in [-0.1, -0.05) is 30.3 Å². The first-order valence-electron chi connectivity index (χ1n) is 45.5. The lowest BCUT2D eigenvalue weighted by atomic mass is 10.0. The number of benzene rings is 8. The van der Waals surface area contributed by atoms with Crippen molar-refractivity contribution in [3.8, 4) is 23.6 Å². The molecular weight excluding hydrogens is 1930 g/mol. The molecule has 4 fully saturated rings. The third-order valence-corrected chi connectivity index (χ3v) is 21.0. The normalized spacial score (nSPS) is 14.5. The summed E-state index contributed by atoms with van der Waals surface area (Å²) in [6, 6.07) is 33.2. The largest absolute Gasteiger partial charge is 0.507 e. The average molecular weight is 2050 g/mol. The highest BCUT2D eigenvalue weighted by Gasteiger charge is 2.35. The van der Waals surface area contributed by atoms with E-state index in [4.69, 9.17) is 77.7 Å². The number of rotatable bonds is 14. The number of ether oxygens (including phenoxy) is 5. The van der Waals surface area contributed by atoms with Crippen molar-refractivity contribution in [2.45, 2.75) is 170 Å². The van der Waals surface area contributed by atoms with Gasteiger partial charge < -0.3 is 100 Å². The van der Waals surface area contributed by atoms with Crippen molar-refractivity contribution in [1.29, 1.82) is 10.5 Å². The molecule has 42 heteroatoms. The maximum atomic E-state index is 14.6. The highest BCUT2D eigenvalue weighted by molar-refractivity contribution is 6.20. The van der Waals surface area contributed by atoms with Gasteiger partial charge in [0.2, 0.25) is 0 Å². The van der Waals surface area contributed by atoms with Gasteiger partial charge in [0.1, 0.15) is 105 Å². The van der Waals surface area contributed by atoms with Gasteiger partial charge in [0.15, 0.2) is 0 Å². The summed E-state index contributed by atoms with van der Waals surface area (Å²) in [6.45, 7) is 36.6. The predicted octanol–water partition coefficient (Wildman–Crippen LogP) is 16.6. The Hall–Kier alpha value is -14.5. The summed E-state index contributed by atoms with van der Waals surface area (Å²) < 4.78 is 134. The summed E-state index contributed by atoms with van der Waals surface area (Å²) in [7, 11) is 0. The molecule has 4 heterocycles. The van der Waals surface area contributed by atoms with Gasteiger partial charge in [0, 0.05) is 110 Å². The van der Waals surface area contributed by atoms with Gasteiger partial charge in [-0.15, -0.1) is 11.6 Å². The summed E-state index contributed by atoms with van der Waals surface area (Å²) in [5.41, 5.74) is 9.79. The summed E-state index contributed by atoms with van der Waals surface area (Å²) >= 11 is 6.02. The van der Waals surface area contributed by atoms with Crippen LogP contribution in [0, 0.1) is 69.2 Å². The number of nitrogens with zero attached hydrogens (tertiary/aromatic N) is 9. The van der Waals surface area contributed by atoms with Crippen LogP contribution in [0.15, 0.2) is 146 Å². The van der Waals surface area contributed by atoms with Gasteiger partial charge in [0.05, 0.1) is 68.2 Å². The van der Waals surface area contributed by atoms with Crippen molar-refractivity contribution in [3.05, 3.63) is 270 Å². The zero-order valence-electron chi connectivity index (χ0n) is 83.5. The van der Waals surface area contributed by atoms with E-state index in [1.54, 1.807) is 123 Å². The molecule has 33 nitrogen and oxygen atoms in total. The summed E-state index contributed by atoms with van der Waals surface area (Å²) in [5, 5.41) is 65.0. The molecule has 5 atom stereocenters. The second-order valence-electron chi connectivity index (χ2n) is 37.0. The van der Waals surface area contributed by atoms with Gasteiger partial charge in [-0.05, 0) is 261 Å². The van der Waals surface area contributed by atoms with Crippen LogP contribution in [0.25, 0.3) is 0 Å². The van der Waals surface area contributed by atoms with E-state index < -0.39 is 141 Å². The molecule has 4 aliphatic heterocycles. The molecule has 12 rings (SSSR count). The molecule has 4 saturated heterocycles. The van der Waals surface area contributed by atoms with Crippen molar-refractivity contribution in [2.75, 3.05) is 105 Å². The Kier molecular flexibility index (Phi) is 46.2. The van der Waals surface area contributed by atoms with Crippen LogP contribution in [0.4, 0.5) is 54.3 Å². The van der Waals surface area contributed by atoms with E-state index >= 15 is 0 Å². The van der Waals surface area contributed by atoms with Gasteiger partial charge in [0.25, 0.3) is 29.5 Å². The van der Waals surface area contributed by atoms with Gasteiger partial charge >= 0.3 is 30.3 Å². The van der Waals surface area contributed by atoms with E-state index in [9.17, 15) is 93.0 Å². The van der Waals surface area contributed by atoms with E-state index in [0.29, 0.717) is 92.0 Å². The van der Waals surface area contributed by atoms with E-state index in [-0.39, 0.29) is 99.6 Å². The molecule has 145 heavy (non-hydrogen) atoms. The first-order chi connectivity index (χ1) is 67.6. The Bertz CT molecular complexity index is 5810. The fourth-order valence-electron chi connectivity index (χ4n) is 13.1. The molecule has 0 aromatic heterocycles. The van der Waals surface area contributed by atoms with Gasteiger partial charge in [-0.3, -0.25) is 28.8 Å². The standard InChI is InChI=1S/C25H29F2N3O5.C18H24ClFN2O3.C18H25FN2O4.C9H8FNO.C9H9FO3.C9H18N2O2.C8H4FNO.C7H6FNO2/c1-15(34-21-8-6-17(26)14-19(21)22(28)31)16-5-7-20(27)18(13-16)23(32)29-9-11-30(12-10-29)24(33)35-25(2,3)4;1-12(19)13-5-6-15(20)14(11-13)16(23)21-7-9-22(10-8-21)17(24)25-18(2,3)4;1-12(22)13-5-6-15(19)14(11-13)16(23)20-7-9-21(10-8-20)17(24)25-18(2,3)4;1-6(12)7-2-3-9(10)8(4-7)5-11;1-5(11)6-2-3-8(10)7(4-6)9(12)13;1-9(2,3)13-8(12)11-6-4-10-5-7-11;9-8-2-1-6(5-11)3-7(8)4-10;8-4-1-2-6(10)5(3-4)7(9)11/h5-8,13-15H,9-12H2,1-4H3,(H2,28,31);5-6,11-12H,7-10H2,1-4H3;5-6,11-12,22H,7-10H2,1-4H3;2-4,6,12H,1H3;2-5,11H,1H3,(H,12,13);10H,4-7H2,1-3H3;1-3,5H;1-3,10H,(H2,9,11). The van der Waals surface area contributed by atoms with Crippen LogP contribution in [0.3, 0.4) is 0 Å². The number of aromatic hydroxyl groups is 1. The summed E-state index contributed by atoms with van der Waals surface area (Å²) in [5.74, 6) is -9.68. The number of hydrogen-bond acceptors (Lipinski definition) is 23. The number of aliphatic hydroxyl groups is 3. The number of nitrogens with two attached hydrogens (primary N) is 2. The van der Waals surface area contributed by atoms with Crippen molar-refractivity contribution in [2.24, 2.45) is 11.5 Å². The highest BCUT2D eigenvalue weighted by Crippen LogP contribution is 2.31. The highest BCUT2D eigenvalue weighted by atomic mass is 35.5. The molecule has 4 aliphatic rings. The fraction of sp³-hybridized carbons (Fsp3) is 0.408. The number of carboxylic acid groups (broad SMARTS) is 1. The number of carbonyl (C=O) groups is 11. The van der Waals surface area contributed by atoms with E-state index in [0.717, 1.165) is 74.7 Å². The van der Waals surface area contributed by atoms with Crippen LogP contribution in [0.2, 0.25) is 0 Å². The van der Waals surface area contributed by atoms with E-state index in [1.165, 1.54) is 118 Å². The molecule has 8 aromatic carbocycles. The zero-order valence-corrected chi connectivity index (χ0v) is 84.2. The topological polar surface area (TPSA) is 469 Å². The SMILES string of the molecule is CC(C)(C)OC(=O)N1CCNCC1.CC(Cl)c1ccc(F)c(C(=O)N2CCN(C(=O)OC(C)(C)C)CC2)c1.CC(O)c1ccc(F)c(C#N)c1.CC(O)c1ccc(F)c(C(=O)N2CCN(C(=O)OC(C)(C)C)CC2)c1.CC(O)c1ccc(F)c(C(=O)O)c1.CC(Oc1ccc(F)cc1C(N)=O)c1ccc(F)c(C(=O)N2CCN(C(=O)OC(C)(C)C)CC2)c1.N#Cc1cc(C=O)ccc1F.NC(=O)c1cc(F)ccc1O. The Morgan fingerprint density at radius 2 is 0.669 bits per heavy atom. The lowest BCUT2D eigenvalue weighted by Crippen LogP contribution is -2.51. The van der Waals surface area contributed by atoms with Crippen LogP contribution < -0.4 is 21.5 Å². The Morgan fingerprint density at radius 3 is 1.00 bits per heavy atom. The number of aldehydes is 1. The van der Waals surface area contributed by atoms with Crippen LogP contribution in [0.1, 0.15) is 259 Å². The molecule has 0 spiro atoms. The van der Waals surface area contributed by atoms with Crippen LogP contribution in [0.5, 0.6) is 11.5 Å².